The lowest BCUT2D eigenvalue weighted by Gasteiger charge is -2.09. The largest absolute Gasteiger partial charge is 0.465 e. The molecule has 0 saturated carbocycles. The minimum atomic E-state index is -0.555. The number of esters is 1. The number of carbonyl (C=O) groups is 1. The Kier molecular flexibility index (Phi) is 2.67. The standard InChI is InChI=1S/C12H11FN2O2/c1-6-3-7(13)4-9-10(6)11(14)8(5-15-9)12(16)17-2/h3-5H,1-2H3,(H2,14,15). The number of ether oxygens (including phenoxy) is 1. The van der Waals surface area contributed by atoms with Crippen LogP contribution in [0.4, 0.5) is 10.1 Å². The number of aryl methyl sites for hydroxylation is 1. The number of benzene rings is 1. The van der Waals surface area contributed by atoms with Gasteiger partial charge in [0, 0.05) is 17.6 Å². The molecule has 0 spiro atoms. The van der Waals surface area contributed by atoms with Crippen LogP contribution in [0.2, 0.25) is 0 Å². The van der Waals surface area contributed by atoms with Gasteiger partial charge in [0.05, 0.1) is 18.3 Å². The van der Waals surface area contributed by atoms with Crippen molar-refractivity contribution in [2.24, 2.45) is 0 Å². The number of nitrogens with zero attached hydrogens (tertiary/aromatic N) is 1. The second-order valence-corrected chi connectivity index (χ2v) is 3.69. The molecule has 1 heterocycles. The summed E-state index contributed by atoms with van der Waals surface area (Å²) < 4.78 is 17.8. The van der Waals surface area contributed by atoms with E-state index >= 15 is 0 Å². The van der Waals surface area contributed by atoms with E-state index in [0.717, 1.165) is 0 Å². The maximum Gasteiger partial charge on any atom is 0.341 e. The number of halogens is 1. The number of carbonyl (C=O) groups excluding carboxylic acids is 1. The average Bonchev–Trinajstić information content (AvgIpc) is 2.27. The highest BCUT2D eigenvalue weighted by Crippen LogP contribution is 2.27. The molecule has 0 amide bonds. The lowest BCUT2D eigenvalue weighted by Crippen LogP contribution is -2.07. The topological polar surface area (TPSA) is 65.2 Å². The van der Waals surface area contributed by atoms with E-state index in [-0.39, 0.29) is 17.1 Å². The van der Waals surface area contributed by atoms with Crippen LogP contribution in [0.25, 0.3) is 10.9 Å². The van der Waals surface area contributed by atoms with E-state index in [0.29, 0.717) is 16.5 Å². The molecular weight excluding hydrogens is 223 g/mol. The summed E-state index contributed by atoms with van der Waals surface area (Å²) >= 11 is 0. The Labute approximate surface area is 97.2 Å². The fourth-order valence-corrected chi connectivity index (χ4v) is 1.79. The van der Waals surface area contributed by atoms with Gasteiger partial charge in [-0.2, -0.15) is 0 Å². The molecule has 0 aliphatic heterocycles. The van der Waals surface area contributed by atoms with Crippen molar-refractivity contribution in [3.05, 3.63) is 35.3 Å². The van der Waals surface area contributed by atoms with E-state index in [4.69, 9.17) is 5.73 Å². The van der Waals surface area contributed by atoms with Gasteiger partial charge in [-0.25, -0.2) is 9.18 Å². The highest BCUT2D eigenvalue weighted by Gasteiger charge is 2.15. The predicted molar refractivity (Wildman–Crippen MR) is 62.2 cm³/mol. The fourth-order valence-electron chi connectivity index (χ4n) is 1.79. The summed E-state index contributed by atoms with van der Waals surface area (Å²) in [5, 5.41) is 0.578. The summed E-state index contributed by atoms with van der Waals surface area (Å²) in [6.45, 7) is 1.71. The third-order valence-corrected chi connectivity index (χ3v) is 2.58. The number of fused-ring (bicyclic) bond motifs is 1. The maximum atomic E-state index is 13.2. The molecule has 0 aliphatic rings. The van der Waals surface area contributed by atoms with E-state index in [1.165, 1.54) is 25.4 Å². The third kappa shape index (κ3) is 1.80. The number of hydrogen-bond donors (Lipinski definition) is 1. The molecule has 0 fully saturated rings. The van der Waals surface area contributed by atoms with E-state index in [1.807, 2.05) is 0 Å². The Hall–Kier alpha value is -2.17. The van der Waals surface area contributed by atoms with Gasteiger partial charge < -0.3 is 10.5 Å². The predicted octanol–water partition coefficient (Wildman–Crippen LogP) is 2.05. The summed E-state index contributed by atoms with van der Waals surface area (Å²) in [6, 6.07) is 2.63. The van der Waals surface area contributed by atoms with Gasteiger partial charge in [0.1, 0.15) is 11.4 Å². The van der Waals surface area contributed by atoms with Crippen LogP contribution in [-0.2, 0) is 4.74 Å². The molecular formula is C12H11FN2O2. The van der Waals surface area contributed by atoms with Gasteiger partial charge in [-0.1, -0.05) is 0 Å². The monoisotopic (exact) mass is 234 g/mol. The Morgan fingerprint density at radius 1 is 1.47 bits per heavy atom. The Morgan fingerprint density at radius 2 is 2.18 bits per heavy atom. The molecule has 0 saturated heterocycles. The quantitative estimate of drug-likeness (QED) is 0.767. The third-order valence-electron chi connectivity index (χ3n) is 2.58. The summed E-state index contributed by atoms with van der Waals surface area (Å²) in [7, 11) is 1.27. The van der Waals surface area contributed by atoms with Crippen LogP contribution in [0.15, 0.2) is 18.3 Å². The molecule has 88 valence electrons. The molecule has 17 heavy (non-hydrogen) atoms. The van der Waals surface area contributed by atoms with Crippen molar-refractivity contribution in [2.45, 2.75) is 6.92 Å². The first-order chi connectivity index (χ1) is 8.04. The van der Waals surface area contributed by atoms with Gasteiger partial charge in [-0.15, -0.1) is 0 Å². The van der Waals surface area contributed by atoms with E-state index in [1.54, 1.807) is 6.92 Å². The number of pyridine rings is 1. The zero-order valence-corrected chi connectivity index (χ0v) is 9.45. The van der Waals surface area contributed by atoms with Gasteiger partial charge >= 0.3 is 5.97 Å². The maximum absolute atomic E-state index is 13.2. The fraction of sp³-hybridized carbons (Fsp3) is 0.167. The summed E-state index contributed by atoms with van der Waals surface area (Å²) in [5.74, 6) is -0.937. The van der Waals surface area contributed by atoms with Crippen LogP contribution in [0.3, 0.4) is 0 Å². The minimum absolute atomic E-state index is 0.190. The first kappa shape index (κ1) is 11.3. The van der Waals surface area contributed by atoms with Gasteiger partial charge in [0.2, 0.25) is 0 Å². The lowest BCUT2D eigenvalue weighted by atomic mass is 10.0. The zero-order chi connectivity index (χ0) is 12.6. The average molecular weight is 234 g/mol. The number of nitrogen functional groups attached to an aromatic ring is 1. The summed E-state index contributed by atoms with van der Waals surface area (Å²) in [4.78, 5) is 15.5. The van der Waals surface area contributed by atoms with Gasteiger partial charge in [-0.3, -0.25) is 4.98 Å². The van der Waals surface area contributed by atoms with Crippen molar-refractivity contribution in [3.63, 3.8) is 0 Å². The highest BCUT2D eigenvalue weighted by molar-refractivity contribution is 6.05. The van der Waals surface area contributed by atoms with Crippen LogP contribution in [0.5, 0.6) is 0 Å². The van der Waals surface area contributed by atoms with Crippen LogP contribution in [0, 0.1) is 12.7 Å². The lowest BCUT2D eigenvalue weighted by molar-refractivity contribution is 0.0601. The number of anilines is 1. The number of nitrogens with two attached hydrogens (primary N) is 1. The molecule has 0 aliphatic carbocycles. The molecule has 0 radical (unpaired) electrons. The van der Waals surface area contributed by atoms with E-state index < -0.39 is 5.97 Å². The van der Waals surface area contributed by atoms with Crippen LogP contribution in [-0.4, -0.2) is 18.1 Å². The normalized spacial score (nSPS) is 10.5. The Bertz CT molecular complexity index is 611. The molecule has 2 aromatic rings. The van der Waals surface area contributed by atoms with Crippen molar-refractivity contribution in [1.29, 1.82) is 0 Å². The first-order valence-corrected chi connectivity index (χ1v) is 4.97. The first-order valence-electron chi connectivity index (χ1n) is 4.97. The molecule has 2 N–H and O–H groups in total. The Balaban J connectivity index is 2.80. The van der Waals surface area contributed by atoms with Crippen molar-refractivity contribution in [2.75, 3.05) is 12.8 Å². The Morgan fingerprint density at radius 3 is 2.82 bits per heavy atom. The number of rotatable bonds is 1. The smallest absolute Gasteiger partial charge is 0.341 e. The van der Waals surface area contributed by atoms with Gasteiger partial charge in [-0.05, 0) is 18.6 Å². The van der Waals surface area contributed by atoms with Crippen LogP contribution in [0.1, 0.15) is 15.9 Å². The second kappa shape index (κ2) is 4.01. The van der Waals surface area contributed by atoms with Crippen molar-refractivity contribution < 1.29 is 13.9 Å². The SMILES string of the molecule is COC(=O)c1cnc2cc(F)cc(C)c2c1N. The van der Waals surface area contributed by atoms with Gasteiger partial charge in [0.15, 0.2) is 0 Å². The van der Waals surface area contributed by atoms with Crippen LogP contribution >= 0.6 is 0 Å². The van der Waals surface area contributed by atoms with E-state index in [2.05, 4.69) is 9.72 Å². The molecule has 0 unspecified atom stereocenters. The number of methoxy groups -OCH3 is 1. The highest BCUT2D eigenvalue weighted by atomic mass is 19.1. The van der Waals surface area contributed by atoms with Crippen molar-refractivity contribution >= 4 is 22.6 Å². The number of aromatic nitrogens is 1. The summed E-state index contributed by atoms with van der Waals surface area (Å²) in [5.41, 5.74) is 7.39. The van der Waals surface area contributed by atoms with Crippen LogP contribution < -0.4 is 5.73 Å². The van der Waals surface area contributed by atoms with Crippen molar-refractivity contribution in [3.8, 4) is 0 Å². The molecule has 1 aromatic heterocycles. The molecule has 0 bridgehead atoms. The van der Waals surface area contributed by atoms with Gasteiger partial charge in [0.25, 0.3) is 0 Å². The molecule has 0 atom stereocenters. The minimum Gasteiger partial charge on any atom is -0.465 e. The zero-order valence-electron chi connectivity index (χ0n) is 9.45. The summed E-state index contributed by atoms with van der Waals surface area (Å²) in [6.07, 6.45) is 1.29. The second-order valence-electron chi connectivity index (χ2n) is 3.69. The molecule has 4 nitrogen and oxygen atoms in total. The molecule has 2 rings (SSSR count). The van der Waals surface area contributed by atoms with E-state index in [9.17, 15) is 9.18 Å². The molecule has 5 heteroatoms. The van der Waals surface area contributed by atoms with Crippen molar-refractivity contribution in [1.82, 2.24) is 4.98 Å². The molecule has 1 aromatic carbocycles. The number of hydrogen-bond acceptors (Lipinski definition) is 4.